The van der Waals surface area contributed by atoms with Crippen molar-refractivity contribution in [3.05, 3.63) is 30.2 Å². The van der Waals surface area contributed by atoms with Gasteiger partial charge in [-0.25, -0.2) is 4.99 Å². The predicted octanol–water partition coefficient (Wildman–Crippen LogP) is 2.46. The maximum atomic E-state index is 4.85. The number of nitrogens with zero attached hydrogens (tertiary/aromatic N) is 5. The normalized spacial score (nSPS) is 20.4. The predicted molar refractivity (Wildman–Crippen MR) is 94.9 cm³/mol. The lowest BCUT2D eigenvalue weighted by Crippen LogP contribution is -2.41. The standard InChI is InChI=1S/C18H26N6/c1-2-19-17(23-12-10-18(14-23)8-4-5-9-18)20-13-16-22-21-15-7-3-6-11-24(15)16/h3,6-7,11H,2,4-5,8-10,12-14H2,1H3,(H,19,20). The van der Waals surface area contributed by atoms with Gasteiger partial charge in [-0.3, -0.25) is 4.40 Å². The zero-order valence-corrected chi connectivity index (χ0v) is 14.4. The average Bonchev–Trinajstić information content (AvgIpc) is 3.33. The first-order valence-electron chi connectivity index (χ1n) is 9.12. The van der Waals surface area contributed by atoms with Gasteiger partial charge in [-0.15, -0.1) is 10.2 Å². The molecule has 0 amide bonds. The summed E-state index contributed by atoms with van der Waals surface area (Å²) >= 11 is 0. The van der Waals surface area contributed by atoms with E-state index in [1.807, 2.05) is 28.8 Å². The molecule has 0 bridgehead atoms. The third kappa shape index (κ3) is 2.85. The Morgan fingerprint density at radius 2 is 2.12 bits per heavy atom. The number of aliphatic imine (C=N–C) groups is 1. The Morgan fingerprint density at radius 1 is 1.25 bits per heavy atom. The van der Waals surface area contributed by atoms with Crippen LogP contribution in [0.4, 0.5) is 0 Å². The quantitative estimate of drug-likeness (QED) is 0.695. The van der Waals surface area contributed by atoms with Crippen molar-refractivity contribution >= 4 is 11.6 Å². The molecule has 1 saturated carbocycles. The van der Waals surface area contributed by atoms with Crippen LogP contribution in [0.3, 0.4) is 0 Å². The van der Waals surface area contributed by atoms with Gasteiger partial charge in [0.15, 0.2) is 17.4 Å². The van der Waals surface area contributed by atoms with Crippen LogP contribution >= 0.6 is 0 Å². The fraction of sp³-hybridized carbons (Fsp3) is 0.611. The summed E-state index contributed by atoms with van der Waals surface area (Å²) in [5.41, 5.74) is 1.43. The fourth-order valence-corrected chi connectivity index (χ4v) is 4.22. The minimum atomic E-state index is 0.553. The van der Waals surface area contributed by atoms with Crippen LogP contribution in [-0.4, -0.2) is 45.1 Å². The maximum absolute atomic E-state index is 4.85. The smallest absolute Gasteiger partial charge is 0.194 e. The summed E-state index contributed by atoms with van der Waals surface area (Å²) in [6.07, 6.45) is 8.87. The topological polar surface area (TPSA) is 57.8 Å². The Labute approximate surface area is 143 Å². The largest absolute Gasteiger partial charge is 0.357 e. The third-order valence-electron chi connectivity index (χ3n) is 5.49. The van der Waals surface area contributed by atoms with E-state index < -0.39 is 0 Å². The van der Waals surface area contributed by atoms with Gasteiger partial charge in [-0.05, 0) is 43.7 Å². The van der Waals surface area contributed by atoms with Crippen molar-refractivity contribution in [3.8, 4) is 0 Å². The molecule has 1 spiro atoms. The second kappa shape index (κ2) is 6.42. The lowest BCUT2D eigenvalue weighted by Gasteiger charge is -2.25. The number of fused-ring (bicyclic) bond motifs is 1. The highest BCUT2D eigenvalue weighted by atomic mass is 15.3. The molecule has 1 aliphatic carbocycles. The van der Waals surface area contributed by atoms with Gasteiger partial charge in [0.1, 0.15) is 6.54 Å². The molecule has 1 N–H and O–H groups in total. The highest BCUT2D eigenvalue weighted by Crippen LogP contribution is 2.45. The van der Waals surface area contributed by atoms with Gasteiger partial charge in [-0.1, -0.05) is 18.9 Å². The first-order valence-corrected chi connectivity index (χ1v) is 9.12. The van der Waals surface area contributed by atoms with Crippen molar-refractivity contribution < 1.29 is 0 Å². The van der Waals surface area contributed by atoms with E-state index in [2.05, 4.69) is 27.3 Å². The molecule has 1 aliphatic heterocycles. The molecule has 0 atom stereocenters. The van der Waals surface area contributed by atoms with Crippen molar-refractivity contribution in [1.29, 1.82) is 0 Å². The average molecular weight is 326 g/mol. The van der Waals surface area contributed by atoms with Crippen molar-refractivity contribution in [2.24, 2.45) is 10.4 Å². The van der Waals surface area contributed by atoms with Crippen LogP contribution in [0.15, 0.2) is 29.4 Å². The molecule has 128 valence electrons. The summed E-state index contributed by atoms with van der Waals surface area (Å²) in [5.74, 6) is 1.91. The molecule has 0 radical (unpaired) electrons. The number of nitrogens with one attached hydrogen (secondary N) is 1. The van der Waals surface area contributed by atoms with Crippen LogP contribution in [-0.2, 0) is 6.54 Å². The number of hydrogen-bond acceptors (Lipinski definition) is 3. The number of guanidine groups is 1. The Hall–Kier alpha value is -2.11. The van der Waals surface area contributed by atoms with Gasteiger partial charge in [0.25, 0.3) is 0 Å². The summed E-state index contributed by atoms with van der Waals surface area (Å²) in [6, 6.07) is 5.95. The van der Waals surface area contributed by atoms with E-state index >= 15 is 0 Å². The van der Waals surface area contributed by atoms with Crippen molar-refractivity contribution in [3.63, 3.8) is 0 Å². The molecular weight excluding hydrogens is 300 g/mol. The van der Waals surface area contributed by atoms with Gasteiger partial charge < -0.3 is 10.2 Å². The number of hydrogen-bond donors (Lipinski definition) is 1. The Bertz CT molecular complexity index is 728. The van der Waals surface area contributed by atoms with Crippen LogP contribution in [0, 0.1) is 5.41 Å². The lowest BCUT2D eigenvalue weighted by molar-refractivity contribution is 0.309. The SMILES string of the molecule is CCNC(=NCc1nnc2ccccn12)N1CCC2(CCCC2)C1. The Morgan fingerprint density at radius 3 is 2.96 bits per heavy atom. The van der Waals surface area contributed by atoms with Gasteiger partial charge >= 0.3 is 0 Å². The number of aromatic nitrogens is 3. The molecule has 2 aromatic heterocycles. The van der Waals surface area contributed by atoms with E-state index in [0.29, 0.717) is 12.0 Å². The number of likely N-dealkylation sites (tertiary alicyclic amines) is 1. The van der Waals surface area contributed by atoms with E-state index in [1.54, 1.807) is 0 Å². The molecule has 2 aliphatic rings. The van der Waals surface area contributed by atoms with Crippen LogP contribution < -0.4 is 5.32 Å². The van der Waals surface area contributed by atoms with E-state index in [4.69, 9.17) is 4.99 Å². The van der Waals surface area contributed by atoms with Crippen LogP contribution in [0.1, 0.15) is 44.9 Å². The Balaban J connectivity index is 1.51. The van der Waals surface area contributed by atoms with Gasteiger partial charge in [0.05, 0.1) is 0 Å². The van der Waals surface area contributed by atoms with Gasteiger partial charge in [0, 0.05) is 25.8 Å². The summed E-state index contributed by atoms with van der Waals surface area (Å²) in [6.45, 7) is 5.84. The minimum absolute atomic E-state index is 0.553. The van der Waals surface area contributed by atoms with Gasteiger partial charge in [0.2, 0.25) is 0 Å². The molecular formula is C18H26N6. The van der Waals surface area contributed by atoms with E-state index in [1.165, 1.54) is 32.1 Å². The monoisotopic (exact) mass is 326 g/mol. The minimum Gasteiger partial charge on any atom is -0.357 e. The molecule has 1 saturated heterocycles. The van der Waals surface area contributed by atoms with Crippen LogP contribution in [0.2, 0.25) is 0 Å². The maximum Gasteiger partial charge on any atom is 0.194 e. The molecule has 6 nitrogen and oxygen atoms in total. The molecule has 2 fully saturated rings. The van der Waals surface area contributed by atoms with E-state index in [0.717, 1.165) is 37.1 Å². The highest BCUT2D eigenvalue weighted by molar-refractivity contribution is 5.80. The highest BCUT2D eigenvalue weighted by Gasteiger charge is 2.41. The molecule has 0 aromatic carbocycles. The molecule has 6 heteroatoms. The second-order valence-electron chi connectivity index (χ2n) is 7.09. The zero-order chi connectivity index (χ0) is 16.4. The molecule has 4 rings (SSSR count). The van der Waals surface area contributed by atoms with Crippen molar-refractivity contribution in [2.75, 3.05) is 19.6 Å². The fourth-order valence-electron chi connectivity index (χ4n) is 4.22. The van der Waals surface area contributed by atoms with E-state index in [9.17, 15) is 0 Å². The molecule has 3 heterocycles. The zero-order valence-electron chi connectivity index (χ0n) is 14.4. The summed E-state index contributed by atoms with van der Waals surface area (Å²) in [7, 11) is 0. The first-order chi connectivity index (χ1) is 11.8. The van der Waals surface area contributed by atoms with Crippen molar-refractivity contribution in [1.82, 2.24) is 24.8 Å². The van der Waals surface area contributed by atoms with E-state index in [-0.39, 0.29) is 0 Å². The molecule has 24 heavy (non-hydrogen) atoms. The van der Waals surface area contributed by atoms with Crippen LogP contribution in [0.5, 0.6) is 0 Å². The first kappa shape index (κ1) is 15.4. The Kier molecular flexibility index (Phi) is 4.12. The van der Waals surface area contributed by atoms with Crippen molar-refractivity contribution in [2.45, 2.75) is 45.6 Å². The summed E-state index contributed by atoms with van der Waals surface area (Å²) in [4.78, 5) is 7.29. The third-order valence-corrected chi connectivity index (χ3v) is 5.49. The van der Waals surface area contributed by atoms with Gasteiger partial charge in [-0.2, -0.15) is 0 Å². The number of pyridine rings is 1. The summed E-state index contributed by atoms with van der Waals surface area (Å²) < 4.78 is 2.01. The lowest BCUT2D eigenvalue weighted by atomic mass is 9.86. The summed E-state index contributed by atoms with van der Waals surface area (Å²) in [5, 5.41) is 12.0. The van der Waals surface area contributed by atoms with Crippen LogP contribution in [0.25, 0.3) is 5.65 Å². The molecule has 0 unspecified atom stereocenters. The molecule has 2 aromatic rings. The number of rotatable bonds is 3. The second-order valence-corrected chi connectivity index (χ2v) is 7.09.